The third-order valence-electron chi connectivity index (χ3n) is 4.24. The van der Waals surface area contributed by atoms with Crippen LogP contribution in [-0.2, 0) is 19.4 Å². The van der Waals surface area contributed by atoms with E-state index in [2.05, 4.69) is 20.1 Å². The minimum absolute atomic E-state index is 0.0374. The first-order valence-electron chi connectivity index (χ1n) is 8.15. The first-order chi connectivity index (χ1) is 12.2. The van der Waals surface area contributed by atoms with Gasteiger partial charge in [0, 0.05) is 16.6 Å². The lowest BCUT2D eigenvalue weighted by molar-refractivity contribution is 0.369. The van der Waals surface area contributed by atoms with Gasteiger partial charge < -0.3 is 9.26 Å². The highest BCUT2D eigenvalue weighted by molar-refractivity contribution is 7.09. The van der Waals surface area contributed by atoms with Crippen molar-refractivity contribution in [1.82, 2.24) is 24.7 Å². The van der Waals surface area contributed by atoms with Gasteiger partial charge >= 0.3 is 4.87 Å². The second-order valence-corrected chi connectivity index (χ2v) is 6.89. The molecule has 0 spiro atoms. The Morgan fingerprint density at radius 2 is 2.16 bits per heavy atom. The standard InChI is InChI=1S/C16H17N5O3S/c1-23-13-7-10(17-9-18-13)15-19-14(24-20-15)8-21-11-5-3-2-4-6-12(11)25-16(21)22/h7,9H,2-6,8H2,1H3. The van der Waals surface area contributed by atoms with E-state index in [4.69, 9.17) is 9.26 Å². The van der Waals surface area contributed by atoms with Crippen molar-refractivity contribution in [3.8, 4) is 17.4 Å². The van der Waals surface area contributed by atoms with Crippen molar-refractivity contribution in [1.29, 1.82) is 0 Å². The molecule has 0 amide bonds. The first kappa shape index (κ1) is 15.9. The summed E-state index contributed by atoms with van der Waals surface area (Å²) in [5.74, 6) is 1.17. The summed E-state index contributed by atoms with van der Waals surface area (Å²) in [4.78, 5) is 26.0. The quantitative estimate of drug-likeness (QED) is 0.658. The number of rotatable bonds is 4. The van der Waals surface area contributed by atoms with Crippen molar-refractivity contribution in [2.24, 2.45) is 0 Å². The summed E-state index contributed by atoms with van der Waals surface area (Å²) in [5, 5.41) is 3.96. The zero-order valence-corrected chi connectivity index (χ0v) is 14.6. The molecule has 25 heavy (non-hydrogen) atoms. The predicted octanol–water partition coefficient (Wildman–Crippen LogP) is 2.08. The van der Waals surface area contributed by atoms with Crippen LogP contribution in [0, 0.1) is 0 Å². The van der Waals surface area contributed by atoms with Gasteiger partial charge in [-0.1, -0.05) is 22.9 Å². The molecule has 1 aliphatic carbocycles. The largest absolute Gasteiger partial charge is 0.481 e. The molecule has 0 atom stereocenters. The van der Waals surface area contributed by atoms with E-state index < -0.39 is 0 Å². The molecule has 9 heteroatoms. The summed E-state index contributed by atoms with van der Waals surface area (Å²) in [6.45, 7) is 0.292. The van der Waals surface area contributed by atoms with Gasteiger partial charge in [0.1, 0.15) is 18.6 Å². The number of ether oxygens (including phenoxy) is 1. The van der Waals surface area contributed by atoms with E-state index in [1.165, 1.54) is 36.1 Å². The van der Waals surface area contributed by atoms with Gasteiger partial charge in [-0.25, -0.2) is 9.97 Å². The molecule has 3 aromatic rings. The van der Waals surface area contributed by atoms with Crippen LogP contribution in [0.15, 0.2) is 21.7 Å². The van der Waals surface area contributed by atoms with Gasteiger partial charge in [-0.3, -0.25) is 9.36 Å². The highest BCUT2D eigenvalue weighted by Gasteiger charge is 2.19. The Bertz CT molecular complexity index is 945. The maximum atomic E-state index is 12.3. The van der Waals surface area contributed by atoms with Crippen molar-refractivity contribution in [2.45, 2.75) is 38.6 Å². The van der Waals surface area contributed by atoms with E-state index in [1.807, 2.05) is 0 Å². The lowest BCUT2D eigenvalue weighted by Crippen LogP contribution is -2.17. The van der Waals surface area contributed by atoms with Crippen molar-refractivity contribution >= 4 is 11.3 Å². The van der Waals surface area contributed by atoms with Crippen molar-refractivity contribution in [3.05, 3.63) is 38.5 Å². The Morgan fingerprint density at radius 3 is 3.04 bits per heavy atom. The molecule has 0 saturated heterocycles. The summed E-state index contributed by atoms with van der Waals surface area (Å²) >= 11 is 1.34. The molecule has 0 saturated carbocycles. The molecule has 0 radical (unpaired) electrons. The van der Waals surface area contributed by atoms with Gasteiger partial charge in [-0.05, 0) is 25.7 Å². The molecular weight excluding hydrogens is 342 g/mol. The van der Waals surface area contributed by atoms with E-state index in [9.17, 15) is 4.79 Å². The summed E-state index contributed by atoms with van der Waals surface area (Å²) in [7, 11) is 1.53. The average Bonchev–Trinajstić information content (AvgIpc) is 3.13. The highest BCUT2D eigenvalue weighted by atomic mass is 32.1. The van der Waals surface area contributed by atoms with Gasteiger partial charge in [0.15, 0.2) is 0 Å². The molecule has 0 N–H and O–H groups in total. The van der Waals surface area contributed by atoms with Crippen LogP contribution in [0.5, 0.6) is 5.88 Å². The molecule has 0 aliphatic heterocycles. The molecule has 3 heterocycles. The second-order valence-electron chi connectivity index (χ2n) is 5.84. The van der Waals surface area contributed by atoms with Gasteiger partial charge in [0.2, 0.25) is 17.6 Å². The fraction of sp³-hybridized carbons (Fsp3) is 0.438. The Morgan fingerprint density at radius 1 is 1.28 bits per heavy atom. The molecule has 4 rings (SSSR count). The van der Waals surface area contributed by atoms with Crippen LogP contribution in [0.2, 0.25) is 0 Å². The number of methoxy groups -OCH3 is 1. The van der Waals surface area contributed by atoms with E-state index in [0.29, 0.717) is 29.8 Å². The lowest BCUT2D eigenvalue weighted by Gasteiger charge is -2.04. The Balaban J connectivity index is 1.61. The molecule has 130 valence electrons. The summed E-state index contributed by atoms with van der Waals surface area (Å²) in [6, 6.07) is 1.64. The van der Waals surface area contributed by atoms with Crippen LogP contribution in [-0.4, -0.2) is 31.8 Å². The van der Waals surface area contributed by atoms with E-state index in [1.54, 1.807) is 10.6 Å². The molecule has 0 fully saturated rings. The molecule has 3 aromatic heterocycles. The Labute approximate surface area is 147 Å². The molecule has 0 aromatic carbocycles. The van der Waals surface area contributed by atoms with E-state index in [0.717, 1.165) is 31.4 Å². The first-order valence-corrected chi connectivity index (χ1v) is 8.96. The summed E-state index contributed by atoms with van der Waals surface area (Å²) < 4.78 is 12.2. The van der Waals surface area contributed by atoms with Crippen LogP contribution in [0.1, 0.15) is 35.7 Å². The van der Waals surface area contributed by atoms with E-state index >= 15 is 0 Å². The summed E-state index contributed by atoms with van der Waals surface area (Å²) in [5.41, 5.74) is 1.63. The normalized spacial score (nSPS) is 14.1. The highest BCUT2D eigenvalue weighted by Crippen LogP contribution is 2.24. The van der Waals surface area contributed by atoms with Crippen molar-refractivity contribution in [2.75, 3.05) is 7.11 Å². The second kappa shape index (κ2) is 6.75. The number of aryl methyl sites for hydroxylation is 1. The van der Waals surface area contributed by atoms with Crippen LogP contribution >= 0.6 is 11.3 Å². The SMILES string of the molecule is COc1cc(-c2noc(Cn3c4c(sc3=O)CCCCC4)n2)ncn1. The predicted molar refractivity (Wildman–Crippen MR) is 90.8 cm³/mol. The minimum atomic E-state index is 0.0374. The molecule has 1 aliphatic rings. The monoisotopic (exact) mass is 359 g/mol. The lowest BCUT2D eigenvalue weighted by atomic mass is 10.2. The van der Waals surface area contributed by atoms with Gasteiger partial charge in [0.05, 0.1) is 7.11 Å². The number of fused-ring (bicyclic) bond motifs is 1. The van der Waals surface area contributed by atoms with Crippen LogP contribution in [0.25, 0.3) is 11.5 Å². The topological polar surface area (TPSA) is 95.9 Å². The molecule has 0 bridgehead atoms. The number of thiazole rings is 1. The summed E-state index contributed by atoms with van der Waals surface area (Å²) in [6.07, 6.45) is 6.76. The zero-order chi connectivity index (χ0) is 17.2. The fourth-order valence-corrected chi connectivity index (χ4v) is 4.07. The van der Waals surface area contributed by atoms with E-state index in [-0.39, 0.29) is 4.87 Å². The number of nitrogens with zero attached hydrogens (tertiary/aromatic N) is 5. The molecule has 8 nitrogen and oxygen atoms in total. The van der Waals surface area contributed by atoms with Gasteiger partial charge in [-0.15, -0.1) is 0 Å². The van der Waals surface area contributed by atoms with Crippen LogP contribution in [0.4, 0.5) is 0 Å². The average molecular weight is 359 g/mol. The number of hydrogen-bond donors (Lipinski definition) is 0. The van der Waals surface area contributed by atoms with Gasteiger partial charge in [-0.2, -0.15) is 4.98 Å². The minimum Gasteiger partial charge on any atom is -0.481 e. The Kier molecular flexibility index (Phi) is 4.31. The molecular formula is C16H17N5O3S. The third kappa shape index (κ3) is 3.19. The molecule has 0 unspecified atom stereocenters. The Hall–Kier alpha value is -2.55. The van der Waals surface area contributed by atoms with Crippen molar-refractivity contribution in [3.63, 3.8) is 0 Å². The van der Waals surface area contributed by atoms with Crippen molar-refractivity contribution < 1.29 is 9.26 Å². The number of hydrogen-bond acceptors (Lipinski definition) is 8. The third-order valence-corrected chi connectivity index (χ3v) is 5.32. The maximum absolute atomic E-state index is 12.3. The van der Waals surface area contributed by atoms with Gasteiger partial charge in [0.25, 0.3) is 0 Å². The number of aromatic nitrogens is 5. The smallest absolute Gasteiger partial charge is 0.308 e. The van der Waals surface area contributed by atoms with Crippen LogP contribution < -0.4 is 9.61 Å². The maximum Gasteiger partial charge on any atom is 0.308 e. The van der Waals surface area contributed by atoms with Crippen LogP contribution in [0.3, 0.4) is 0 Å². The zero-order valence-electron chi connectivity index (χ0n) is 13.8. The fourth-order valence-electron chi connectivity index (χ4n) is 3.00.